The maximum atomic E-state index is 2.42. The molecule has 0 saturated heterocycles. The number of benzene rings is 1. The van der Waals surface area contributed by atoms with Crippen LogP contribution in [0.2, 0.25) is 13.1 Å². The summed E-state index contributed by atoms with van der Waals surface area (Å²) >= 11 is 0. The third kappa shape index (κ3) is 2.22. The van der Waals surface area contributed by atoms with Gasteiger partial charge in [0, 0.05) is 38.4 Å². The van der Waals surface area contributed by atoms with Crippen molar-refractivity contribution < 1.29 is 0 Å². The average molecular weight is 211 g/mol. The molecule has 1 aromatic rings. The van der Waals surface area contributed by atoms with Crippen LogP contribution in [0.4, 0.5) is 0 Å². The number of rotatable bonds is 1. The molecule has 0 bridgehead atoms. The molecule has 1 unspecified atom stereocenters. The monoisotopic (exact) mass is 211 g/mol. The Balaban J connectivity index is 0.000000980. The summed E-state index contributed by atoms with van der Waals surface area (Å²) in [5, 5.41) is 0. The summed E-state index contributed by atoms with van der Waals surface area (Å²) in [6, 6.07) is 6.80. The number of aryl methyl sites for hydroxylation is 1. The molecule has 1 aromatic carbocycles. The van der Waals surface area contributed by atoms with Crippen molar-refractivity contribution in [2.75, 3.05) is 0 Å². The number of fused-ring (bicyclic) bond motifs is 1. The molecule has 0 saturated carbocycles. The molecule has 1 aliphatic rings. The maximum absolute atomic E-state index is 2.42. The summed E-state index contributed by atoms with van der Waals surface area (Å²) < 4.78 is 0. The van der Waals surface area contributed by atoms with Gasteiger partial charge in [-0.1, -0.05) is 49.0 Å². The molecule has 1 aliphatic carbocycles. The molecule has 0 heterocycles. The molecule has 0 fully saturated rings. The van der Waals surface area contributed by atoms with Crippen LogP contribution in [0, 0.1) is 6.92 Å². The molecule has 69 valence electrons. The van der Waals surface area contributed by atoms with Crippen molar-refractivity contribution in [3.63, 3.8) is 0 Å². The van der Waals surface area contributed by atoms with Gasteiger partial charge in [-0.3, -0.25) is 0 Å². The molecule has 0 N–H and O–H groups in total. The number of hydrogen-bond acceptors (Lipinski definition) is 0. The Kier molecular flexibility index (Phi) is 4.20. The first-order valence-electron chi connectivity index (χ1n) is 4.97. The van der Waals surface area contributed by atoms with E-state index in [4.69, 9.17) is 0 Å². The van der Waals surface area contributed by atoms with Gasteiger partial charge in [0.05, 0.1) is 0 Å². The summed E-state index contributed by atoms with van der Waals surface area (Å²) in [6.45, 7) is 7.02. The van der Waals surface area contributed by atoms with Gasteiger partial charge in [0.1, 0.15) is 0 Å². The normalized spacial score (nSPS) is 18.1. The molecule has 2 rings (SSSR count). The molecule has 0 nitrogen and oxygen atoms in total. The van der Waals surface area contributed by atoms with Gasteiger partial charge in [-0.25, -0.2) is 0 Å². The van der Waals surface area contributed by atoms with Crippen LogP contribution in [0.1, 0.15) is 22.2 Å². The SMILES string of the molecule is Cc1ccc2c(c1)C([SiH](C)C)C=C2.[Na]. The first-order chi connectivity index (χ1) is 6.18. The summed E-state index contributed by atoms with van der Waals surface area (Å²) in [5.74, 6) is 0. The van der Waals surface area contributed by atoms with E-state index in [9.17, 15) is 0 Å². The van der Waals surface area contributed by atoms with Crippen molar-refractivity contribution in [2.45, 2.75) is 25.6 Å². The fourth-order valence-electron chi connectivity index (χ4n) is 2.03. The minimum Gasteiger partial charge on any atom is -0.0795 e. The van der Waals surface area contributed by atoms with Gasteiger partial charge in [0.15, 0.2) is 0 Å². The molecule has 0 aliphatic heterocycles. The van der Waals surface area contributed by atoms with Gasteiger partial charge in [-0.05, 0) is 23.6 Å². The summed E-state index contributed by atoms with van der Waals surface area (Å²) in [7, 11) is -0.567. The van der Waals surface area contributed by atoms with Crippen molar-refractivity contribution in [3.8, 4) is 0 Å². The van der Waals surface area contributed by atoms with Crippen LogP contribution in [-0.2, 0) is 0 Å². The summed E-state index contributed by atoms with van der Waals surface area (Å²) in [4.78, 5) is 0. The Morgan fingerprint density at radius 3 is 2.57 bits per heavy atom. The van der Waals surface area contributed by atoms with Crippen molar-refractivity contribution in [1.82, 2.24) is 0 Å². The maximum Gasteiger partial charge on any atom is 0.0436 e. The standard InChI is InChI=1S/C12H16Si.Na/c1-9-4-5-10-6-7-12(13(2)3)11(10)8-9;/h4-8,12-13H,1-3H3;. The van der Waals surface area contributed by atoms with Crippen LogP contribution in [0.25, 0.3) is 6.08 Å². The van der Waals surface area contributed by atoms with E-state index in [0.717, 1.165) is 5.54 Å². The van der Waals surface area contributed by atoms with E-state index in [1.165, 1.54) is 11.1 Å². The Morgan fingerprint density at radius 1 is 1.21 bits per heavy atom. The van der Waals surface area contributed by atoms with Gasteiger partial charge in [-0.15, -0.1) is 0 Å². The van der Waals surface area contributed by atoms with Crippen LogP contribution < -0.4 is 0 Å². The summed E-state index contributed by atoms with van der Waals surface area (Å²) in [5.41, 5.74) is 5.18. The number of hydrogen-bond donors (Lipinski definition) is 0. The average Bonchev–Trinajstić information content (AvgIpc) is 2.46. The van der Waals surface area contributed by atoms with E-state index < -0.39 is 8.80 Å². The van der Waals surface area contributed by atoms with Crippen molar-refractivity contribution in [3.05, 3.63) is 41.0 Å². The molecule has 0 aromatic heterocycles. The molecule has 14 heavy (non-hydrogen) atoms. The molecule has 0 amide bonds. The molecular formula is C12H16NaSi. The van der Waals surface area contributed by atoms with Crippen LogP contribution in [0.15, 0.2) is 24.3 Å². The first kappa shape index (κ1) is 12.2. The second-order valence-electron chi connectivity index (χ2n) is 4.26. The third-order valence-electron chi connectivity index (χ3n) is 2.80. The van der Waals surface area contributed by atoms with Crippen LogP contribution in [0.3, 0.4) is 0 Å². The van der Waals surface area contributed by atoms with E-state index in [-0.39, 0.29) is 29.6 Å². The zero-order valence-electron chi connectivity index (χ0n) is 9.54. The molecule has 1 radical (unpaired) electrons. The number of allylic oxidation sites excluding steroid dienone is 1. The molecule has 1 atom stereocenters. The fraction of sp³-hybridized carbons (Fsp3) is 0.333. The van der Waals surface area contributed by atoms with E-state index in [1.807, 2.05) is 0 Å². The van der Waals surface area contributed by atoms with Gasteiger partial charge in [0.2, 0.25) is 0 Å². The topological polar surface area (TPSA) is 0 Å². The van der Waals surface area contributed by atoms with Gasteiger partial charge in [-0.2, -0.15) is 0 Å². The smallest absolute Gasteiger partial charge is 0.0436 e. The van der Waals surface area contributed by atoms with Crippen molar-refractivity contribution >= 4 is 44.4 Å². The molecular weight excluding hydrogens is 195 g/mol. The zero-order chi connectivity index (χ0) is 9.42. The van der Waals surface area contributed by atoms with Crippen LogP contribution >= 0.6 is 0 Å². The van der Waals surface area contributed by atoms with E-state index in [2.05, 4.69) is 50.4 Å². The largest absolute Gasteiger partial charge is 0.0795 e. The van der Waals surface area contributed by atoms with Crippen molar-refractivity contribution in [2.24, 2.45) is 0 Å². The minimum absolute atomic E-state index is 0. The van der Waals surface area contributed by atoms with Crippen LogP contribution in [-0.4, -0.2) is 38.4 Å². The Hall–Kier alpha value is 0.177. The Morgan fingerprint density at radius 2 is 1.93 bits per heavy atom. The van der Waals surface area contributed by atoms with Gasteiger partial charge < -0.3 is 0 Å². The van der Waals surface area contributed by atoms with Gasteiger partial charge >= 0.3 is 0 Å². The minimum atomic E-state index is -0.567. The fourth-order valence-corrected chi connectivity index (χ4v) is 3.59. The zero-order valence-corrected chi connectivity index (χ0v) is 12.7. The van der Waals surface area contributed by atoms with Gasteiger partial charge in [0.25, 0.3) is 0 Å². The van der Waals surface area contributed by atoms with E-state index in [1.54, 1.807) is 5.56 Å². The predicted molar refractivity (Wildman–Crippen MR) is 67.6 cm³/mol. The Labute approximate surface area is 110 Å². The van der Waals surface area contributed by atoms with Crippen LogP contribution in [0.5, 0.6) is 0 Å². The first-order valence-corrected chi connectivity index (χ1v) is 7.95. The van der Waals surface area contributed by atoms with E-state index >= 15 is 0 Å². The van der Waals surface area contributed by atoms with E-state index in [0.29, 0.717) is 0 Å². The Bertz CT molecular complexity index is 355. The second kappa shape index (κ2) is 4.80. The summed E-state index contributed by atoms with van der Waals surface area (Å²) in [6.07, 6.45) is 4.67. The second-order valence-corrected chi connectivity index (χ2v) is 7.47. The predicted octanol–water partition coefficient (Wildman–Crippen LogP) is 2.75. The molecule has 0 spiro atoms. The van der Waals surface area contributed by atoms with Crippen molar-refractivity contribution in [1.29, 1.82) is 0 Å². The molecule has 2 heteroatoms. The third-order valence-corrected chi connectivity index (χ3v) is 4.82. The quantitative estimate of drug-likeness (QED) is 0.627.